The lowest BCUT2D eigenvalue weighted by molar-refractivity contribution is -0.136. The number of piperidine rings is 1. The molecular formula is C21H27N5O4. The van der Waals surface area contributed by atoms with Gasteiger partial charge in [0.2, 0.25) is 11.8 Å². The zero-order chi connectivity index (χ0) is 21.4. The first-order chi connectivity index (χ1) is 14.4. The first-order valence-corrected chi connectivity index (χ1v) is 10.4. The van der Waals surface area contributed by atoms with E-state index in [1.807, 2.05) is 6.07 Å². The molecule has 0 aliphatic carbocycles. The zero-order valence-electron chi connectivity index (χ0n) is 17.1. The number of amides is 4. The van der Waals surface area contributed by atoms with E-state index in [-0.39, 0.29) is 18.7 Å². The summed E-state index contributed by atoms with van der Waals surface area (Å²) in [6.07, 6.45) is 1.17. The summed E-state index contributed by atoms with van der Waals surface area (Å²) in [4.78, 5) is 55.1. The van der Waals surface area contributed by atoms with Gasteiger partial charge in [0.05, 0.1) is 11.1 Å². The van der Waals surface area contributed by atoms with Crippen LogP contribution in [0.2, 0.25) is 0 Å². The van der Waals surface area contributed by atoms with Gasteiger partial charge in [-0.1, -0.05) is 6.07 Å². The Morgan fingerprint density at radius 1 is 1.10 bits per heavy atom. The summed E-state index contributed by atoms with van der Waals surface area (Å²) >= 11 is 0. The van der Waals surface area contributed by atoms with Crippen LogP contribution in [0.15, 0.2) is 18.2 Å². The second-order valence-electron chi connectivity index (χ2n) is 8.29. The highest BCUT2D eigenvalue weighted by Gasteiger charge is 2.44. The van der Waals surface area contributed by atoms with E-state index in [1.165, 1.54) is 0 Å². The number of hydrogen-bond donors (Lipinski definition) is 2. The maximum atomic E-state index is 13.0. The van der Waals surface area contributed by atoms with Gasteiger partial charge in [-0.05, 0) is 44.1 Å². The molecule has 9 nitrogen and oxygen atoms in total. The van der Waals surface area contributed by atoms with E-state index in [9.17, 15) is 19.2 Å². The number of fused-ring (bicyclic) bond motifs is 1. The third-order valence-electron chi connectivity index (χ3n) is 6.20. The smallest absolute Gasteiger partial charge is 0.262 e. The average molecular weight is 413 g/mol. The van der Waals surface area contributed by atoms with Gasteiger partial charge in [-0.3, -0.25) is 34.3 Å². The van der Waals surface area contributed by atoms with E-state index in [0.717, 1.165) is 36.5 Å². The molecule has 3 aliphatic heterocycles. The number of nitrogens with zero attached hydrogens (tertiary/aromatic N) is 3. The highest BCUT2D eigenvalue weighted by molar-refractivity contribution is 6.23. The molecule has 160 valence electrons. The van der Waals surface area contributed by atoms with Gasteiger partial charge in [-0.15, -0.1) is 0 Å². The number of imide groups is 2. The summed E-state index contributed by atoms with van der Waals surface area (Å²) in [6.45, 7) is 4.11. The molecule has 0 aromatic heterocycles. The maximum Gasteiger partial charge on any atom is 0.262 e. The van der Waals surface area contributed by atoms with Crippen LogP contribution in [0.4, 0.5) is 0 Å². The van der Waals surface area contributed by atoms with Gasteiger partial charge in [0.25, 0.3) is 11.8 Å². The van der Waals surface area contributed by atoms with Crippen LogP contribution in [-0.2, 0) is 16.1 Å². The third-order valence-corrected chi connectivity index (χ3v) is 6.20. The lowest BCUT2D eigenvalue weighted by atomic mass is 10.0. The van der Waals surface area contributed by atoms with E-state index in [0.29, 0.717) is 30.3 Å². The lowest BCUT2D eigenvalue weighted by Gasteiger charge is -2.40. The Morgan fingerprint density at radius 3 is 2.60 bits per heavy atom. The molecule has 3 N–H and O–H groups in total. The normalized spacial score (nSPS) is 25.6. The van der Waals surface area contributed by atoms with Crippen molar-refractivity contribution < 1.29 is 19.2 Å². The predicted octanol–water partition coefficient (Wildman–Crippen LogP) is -0.447. The Balaban J connectivity index is 1.53. The Labute approximate surface area is 175 Å². The molecule has 1 aromatic rings. The van der Waals surface area contributed by atoms with Gasteiger partial charge in [0.1, 0.15) is 6.04 Å². The van der Waals surface area contributed by atoms with Crippen molar-refractivity contribution in [3.63, 3.8) is 0 Å². The van der Waals surface area contributed by atoms with Crippen LogP contribution in [-0.4, -0.2) is 83.6 Å². The highest BCUT2D eigenvalue weighted by Crippen LogP contribution is 2.29. The first kappa shape index (κ1) is 20.6. The molecule has 30 heavy (non-hydrogen) atoms. The average Bonchev–Trinajstić information content (AvgIpc) is 2.95. The van der Waals surface area contributed by atoms with Gasteiger partial charge in [0, 0.05) is 38.6 Å². The molecule has 2 atom stereocenters. The highest BCUT2D eigenvalue weighted by atomic mass is 16.2. The summed E-state index contributed by atoms with van der Waals surface area (Å²) < 4.78 is 0. The molecule has 0 saturated carbocycles. The van der Waals surface area contributed by atoms with Crippen molar-refractivity contribution in [3.8, 4) is 0 Å². The van der Waals surface area contributed by atoms with E-state index in [4.69, 9.17) is 5.73 Å². The molecule has 9 heteroatoms. The SMILES string of the molecule is CN1CCN(Cc2ccc3c(c2)C(=O)N(C2CCC(=O)NC2=O)C3=O)C(CCN)C1. The number of nitrogens with two attached hydrogens (primary N) is 1. The zero-order valence-corrected chi connectivity index (χ0v) is 17.1. The van der Waals surface area contributed by atoms with Crippen LogP contribution in [0.25, 0.3) is 0 Å². The van der Waals surface area contributed by atoms with E-state index in [2.05, 4.69) is 22.2 Å². The Bertz CT molecular complexity index is 901. The van der Waals surface area contributed by atoms with Crippen molar-refractivity contribution in [1.82, 2.24) is 20.0 Å². The molecule has 3 heterocycles. The van der Waals surface area contributed by atoms with Gasteiger partial charge >= 0.3 is 0 Å². The summed E-state index contributed by atoms with van der Waals surface area (Å²) in [6, 6.07) is 4.71. The van der Waals surface area contributed by atoms with Gasteiger partial charge in [-0.2, -0.15) is 0 Å². The fraction of sp³-hybridized carbons (Fsp3) is 0.524. The first-order valence-electron chi connectivity index (χ1n) is 10.4. The van der Waals surface area contributed by atoms with Crippen molar-refractivity contribution in [3.05, 3.63) is 34.9 Å². The summed E-state index contributed by atoms with van der Waals surface area (Å²) in [7, 11) is 2.10. The molecule has 4 amide bonds. The quantitative estimate of drug-likeness (QED) is 0.628. The lowest BCUT2D eigenvalue weighted by Crippen LogP contribution is -2.54. The van der Waals surface area contributed by atoms with Crippen molar-refractivity contribution >= 4 is 23.6 Å². The number of nitrogens with one attached hydrogen (secondary N) is 1. The van der Waals surface area contributed by atoms with Crippen LogP contribution in [0.5, 0.6) is 0 Å². The monoisotopic (exact) mass is 413 g/mol. The number of carbonyl (C=O) groups is 4. The van der Waals surface area contributed by atoms with Crippen LogP contribution < -0.4 is 11.1 Å². The molecule has 0 bridgehead atoms. The van der Waals surface area contributed by atoms with Gasteiger partial charge in [-0.25, -0.2) is 0 Å². The predicted molar refractivity (Wildman–Crippen MR) is 108 cm³/mol. The largest absolute Gasteiger partial charge is 0.330 e. The van der Waals surface area contributed by atoms with Gasteiger partial charge < -0.3 is 10.6 Å². The van der Waals surface area contributed by atoms with Gasteiger partial charge in [0.15, 0.2) is 0 Å². The molecular weight excluding hydrogens is 386 g/mol. The van der Waals surface area contributed by atoms with E-state index in [1.54, 1.807) is 12.1 Å². The van der Waals surface area contributed by atoms with Crippen LogP contribution >= 0.6 is 0 Å². The Morgan fingerprint density at radius 2 is 1.87 bits per heavy atom. The number of hydrogen-bond acceptors (Lipinski definition) is 7. The number of carbonyl (C=O) groups excluding carboxylic acids is 4. The number of benzene rings is 1. The van der Waals surface area contributed by atoms with Crippen molar-refractivity contribution in [1.29, 1.82) is 0 Å². The maximum absolute atomic E-state index is 13.0. The number of piperazine rings is 1. The summed E-state index contributed by atoms with van der Waals surface area (Å²) in [5, 5.41) is 2.22. The standard InChI is InChI=1S/C21H27N5O4/c1-24-8-9-25(14(12-24)6-7-22)11-13-2-3-15-16(10-13)21(30)26(20(15)29)17-4-5-18(27)23-19(17)28/h2-3,10,14,17H,4-9,11-12,22H2,1H3,(H,23,27,28). The van der Waals surface area contributed by atoms with Crippen LogP contribution in [0, 0.1) is 0 Å². The van der Waals surface area contributed by atoms with Crippen LogP contribution in [0.1, 0.15) is 45.5 Å². The molecule has 1 aromatic carbocycles. The van der Waals surface area contributed by atoms with E-state index >= 15 is 0 Å². The van der Waals surface area contributed by atoms with Crippen molar-refractivity contribution in [2.24, 2.45) is 5.73 Å². The molecule has 3 aliphatic rings. The summed E-state index contributed by atoms with van der Waals surface area (Å²) in [5.41, 5.74) is 7.37. The Kier molecular flexibility index (Phi) is 5.68. The topological polar surface area (TPSA) is 116 Å². The van der Waals surface area contributed by atoms with E-state index < -0.39 is 23.8 Å². The Hall–Kier alpha value is -2.62. The molecule has 0 radical (unpaired) electrons. The molecule has 2 saturated heterocycles. The second kappa shape index (κ2) is 8.25. The van der Waals surface area contributed by atoms with Crippen molar-refractivity contribution in [2.45, 2.75) is 37.9 Å². The molecule has 2 fully saturated rings. The third kappa shape index (κ3) is 3.76. The number of rotatable bonds is 5. The molecule has 2 unspecified atom stereocenters. The minimum absolute atomic E-state index is 0.112. The number of likely N-dealkylation sites (N-methyl/N-ethyl adjacent to an activating group) is 1. The van der Waals surface area contributed by atoms with Crippen molar-refractivity contribution in [2.75, 3.05) is 33.2 Å². The second-order valence-corrected chi connectivity index (χ2v) is 8.29. The summed E-state index contributed by atoms with van der Waals surface area (Å²) in [5.74, 6) is -1.92. The van der Waals surface area contributed by atoms with Crippen LogP contribution in [0.3, 0.4) is 0 Å². The fourth-order valence-electron chi connectivity index (χ4n) is 4.57. The fourth-order valence-corrected chi connectivity index (χ4v) is 4.57. The minimum Gasteiger partial charge on any atom is -0.330 e. The molecule has 4 rings (SSSR count). The molecule has 0 spiro atoms. The minimum atomic E-state index is -0.940.